The van der Waals surface area contributed by atoms with Crippen LogP contribution in [-0.2, 0) is 16.0 Å². The number of aryl methyl sites for hydroxylation is 1. The number of nitrogens with zero attached hydrogens (tertiary/aromatic N) is 4. The van der Waals surface area contributed by atoms with E-state index in [-0.39, 0.29) is 12.5 Å². The van der Waals surface area contributed by atoms with Crippen LogP contribution < -0.4 is 4.90 Å². The third kappa shape index (κ3) is 2.97. The number of carbonyl (C=O) groups is 1. The molecule has 100 valence electrons. The topological polar surface area (TPSA) is 58.6 Å². The smallest absolute Gasteiger partial charge is 0.248 e. The number of rotatable bonds is 4. The maximum atomic E-state index is 11.6. The molecule has 18 heavy (non-hydrogen) atoms. The summed E-state index contributed by atoms with van der Waals surface area (Å²) >= 11 is 1.44. The van der Waals surface area contributed by atoms with E-state index in [1.54, 1.807) is 7.11 Å². The first-order chi connectivity index (χ1) is 8.74. The molecule has 0 aliphatic carbocycles. The van der Waals surface area contributed by atoms with E-state index < -0.39 is 0 Å². The zero-order chi connectivity index (χ0) is 13.0. The lowest BCUT2D eigenvalue weighted by atomic mass is 10.3. The van der Waals surface area contributed by atoms with Crippen LogP contribution in [-0.4, -0.2) is 60.1 Å². The van der Waals surface area contributed by atoms with E-state index in [9.17, 15) is 4.79 Å². The molecule has 0 N–H and O–H groups in total. The predicted octanol–water partition coefficient (Wildman–Crippen LogP) is 0.395. The highest BCUT2D eigenvalue weighted by molar-refractivity contribution is 7.09. The van der Waals surface area contributed by atoms with Crippen molar-refractivity contribution in [1.29, 1.82) is 0 Å². The summed E-state index contributed by atoms with van der Waals surface area (Å²) in [6.45, 7) is 5.29. The molecule has 1 aromatic heterocycles. The Hall–Kier alpha value is -1.21. The zero-order valence-electron chi connectivity index (χ0n) is 10.8. The molecule has 0 unspecified atom stereocenters. The normalized spacial score (nSPS) is 16.1. The van der Waals surface area contributed by atoms with Crippen molar-refractivity contribution in [3.05, 3.63) is 5.82 Å². The minimum absolute atomic E-state index is 0.0589. The van der Waals surface area contributed by atoms with Crippen molar-refractivity contribution in [2.45, 2.75) is 13.3 Å². The number of amides is 1. The summed E-state index contributed by atoms with van der Waals surface area (Å²) in [7, 11) is 1.54. The van der Waals surface area contributed by atoms with E-state index >= 15 is 0 Å². The summed E-state index contributed by atoms with van der Waals surface area (Å²) in [6.07, 6.45) is 0.864. The molecule has 0 bridgehead atoms. The lowest BCUT2D eigenvalue weighted by Crippen LogP contribution is -2.49. The summed E-state index contributed by atoms with van der Waals surface area (Å²) in [5, 5.41) is 0.964. The van der Waals surface area contributed by atoms with Gasteiger partial charge in [0.25, 0.3) is 0 Å². The highest BCUT2D eigenvalue weighted by Gasteiger charge is 2.22. The van der Waals surface area contributed by atoms with Gasteiger partial charge in [-0.25, -0.2) is 4.98 Å². The number of methoxy groups -OCH3 is 1. The van der Waals surface area contributed by atoms with Crippen LogP contribution in [0.15, 0.2) is 0 Å². The molecule has 2 rings (SSSR count). The van der Waals surface area contributed by atoms with Crippen molar-refractivity contribution in [3.63, 3.8) is 0 Å². The molecule has 1 aromatic rings. The van der Waals surface area contributed by atoms with Gasteiger partial charge < -0.3 is 14.5 Å². The van der Waals surface area contributed by atoms with Gasteiger partial charge in [-0.3, -0.25) is 4.79 Å². The van der Waals surface area contributed by atoms with Crippen molar-refractivity contribution in [3.8, 4) is 0 Å². The van der Waals surface area contributed by atoms with Crippen LogP contribution >= 0.6 is 11.5 Å². The fourth-order valence-electron chi connectivity index (χ4n) is 1.88. The Kier molecular flexibility index (Phi) is 4.48. The Labute approximate surface area is 111 Å². The fraction of sp³-hybridized carbons (Fsp3) is 0.727. The summed E-state index contributed by atoms with van der Waals surface area (Å²) in [4.78, 5) is 20.1. The maximum absolute atomic E-state index is 11.6. The van der Waals surface area contributed by atoms with E-state index in [2.05, 4.69) is 14.3 Å². The van der Waals surface area contributed by atoms with Crippen LogP contribution in [0.5, 0.6) is 0 Å². The first kappa shape index (κ1) is 13.2. The molecule has 1 fully saturated rings. The highest BCUT2D eigenvalue weighted by Crippen LogP contribution is 2.19. The van der Waals surface area contributed by atoms with Gasteiger partial charge in [0.05, 0.1) is 0 Å². The second-order valence-electron chi connectivity index (χ2n) is 4.15. The minimum Gasteiger partial charge on any atom is -0.375 e. The number of hydrogen-bond acceptors (Lipinski definition) is 6. The van der Waals surface area contributed by atoms with Gasteiger partial charge in [-0.15, -0.1) is 0 Å². The summed E-state index contributed by atoms with van der Waals surface area (Å²) in [6, 6.07) is 0. The molecule has 0 radical (unpaired) electrons. The largest absolute Gasteiger partial charge is 0.375 e. The van der Waals surface area contributed by atoms with Crippen LogP contribution in [0.2, 0.25) is 0 Å². The predicted molar refractivity (Wildman–Crippen MR) is 70.0 cm³/mol. The molecule has 2 heterocycles. The van der Waals surface area contributed by atoms with Gasteiger partial charge in [-0.05, 0) is 0 Å². The molecule has 7 heteroatoms. The van der Waals surface area contributed by atoms with Crippen molar-refractivity contribution >= 4 is 22.6 Å². The molecule has 0 spiro atoms. The third-order valence-electron chi connectivity index (χ3n) is 2.94. The van der Waals surface area contributed by atoms with E-state index in [1.807, 2.05) is 11.8 Å². The number of piperazine rings is 1. The SMILES string of the molecule is CCc1nsc(N2CCN(C(=O)COC)CC2)n1. The molecule has 0 saturated carbocycles. The fourth-order valence-corrected chi connectivity index (χ4v) is 2.68. The van der Waals surface area contributed by atoms with Gasteiger partial charge >= 0.3 is 0 Å². The van der Waals surface area contributed by atoms with Gasteiger partial charge in [-0.2, -0.15) is 4.37 Å². The minimum atomic E-state index is 0.0589. The lowest BCUT2D eigenvalue weighted by Gasteiger charge is -2.34. The molecule has 1 amide bonds. The molecule has 1 aliphatic heterocycles. The Balaban J connectivity index is 1.88. The summed E-state index contributed by atoms with van der Waals surface area (Å²) in [5.41, 5.74) is 0. The van der Waals surface area contributed by atoms with Crippen LogP contribution in [0.3, 0.4) is 0 Å². The Bertz CT molecular complexity index is 402. The van der Waals surface area contributed by atoms with E-state index in [4.69, 9.17) is 4.74 Å². The van der Waals surface area contributed by atoms with Crippen molar-refractivity contribution in [1.82, 2.24) is 14.3 Å². The van der Waals surface area contributed by atoms with Crippen LogP contribution in [0.1, 0.15) is 12.7 Å². The summed E-state index contributed by atoms with van der Waals surface area (Å²) < 4.78 is 9.14. The second-order valence-corrected chi connectivity index (χ2v) is 4.88. The number of carbonyl (C=O) groups excluding carboxylic acids is 1. The molecular formula is C11H18N4O2S. The number of aromatic nitrogens is 2. The van der Waals surface area contributed by atoms with Crippen LogP contribution in [0.4, 0.5) is 5.13 Å². The molecular weight excluding hydrogens is 252 g/mol. The number of hydrogen-bond donors (Lipinski definition) is 0. The highest BCUT2D eigenvalue weighted by atomic mass is 32.1. The average Bonchev–Trinajstić information content (AvgIpc) is 2.88. The number of ether oxygens (including phenoxy) is 1. The molecule has 6 nitrogen and oxygen atoms in total. The first-order valence-corrected chi connectivity index (χ1v) is 6.86. The second kappa shape index (κ2) is 6.10. The van der Waals surface area contributed by atoms with E-state index in [0.717, 1.165) is 43.6 Å². The quantitative estimate of drug-likeness (QED) is 0.792. The standard InChI is InChI=1S/C11H18N4O2S/c1-3-9-12-11(18-13-9)15-6-4-14(5-7-15)10(16)8-17-2/h3-8H2,1-2H3. The van der Waals surface area contributed by atoms with Crippen LogP contribution in [0, 0.1) is 0 Å². The molecule has 0 aromatic carbocycles. The first-order valence-electron chi connectivity index (χ1n) is 6.08. The Morgan fingerprint density at radius 1 is 1.39 bits per heavy atom. The van der Waals surface area contributed by atoms with Crippen molar-refractivity contribution < 1.29 is 9.53 Å². The summed E-state index contributed by atoms with van der Waals surface area (Å²) in [5.74, 6) is 0.955. The maximum Gasteiger partial charge on any atom is 0.248 e. The lowest BCUT2D eigenvalue weighted by molar-refractivity contribution is -0.135. The monoisotopic (exact) mass is 270 g/mol. The Morgan fingerprint density at radius 2 is 2.11 bits per heavy atom. The van der Waals surface area contributed by atoms with Gasteiger partial charge in [0.2, 0.25) is 11.0 Å². The van der Waals surface area contributed by atoms with Gasteiger partial charge in [0.15, 0.2) is 0 Å². The van der Waals surface area contributed by atoms with Gasteiger partial charge in [0, 0.05) is 51.2 Å². The van der Waals surface area contributed by atoms with Crippen molar-refractivity contribution in [2.75, 3.05) is 44.8 Å². The van der Waals surface area contributed by atoms with Crippen LogP contribution in [0.25, 0.3) is 0 Å². The van der Waals surface area contributed by atoms with Crippen molar-refractivity contribution in [2.24, 2.45) is 0 Å². The average molecular weight is 270 g/mol. The van der Waals surface area contributed by atoms with E-state index in [1.165, 1.54) is 11.5 Å². The molecule has 0 atom stereocenters. The van der Waals surface area contributed by atoms with E-state index in [0.29, 0.717) is 0 Å². The van der Waals surface area contributed by atoms with Gasteiger partial charge in [0.1, 0.15) is 12.4 Å². The molecule has 1 aliphatic rings. The molecule has 1 saturated heterocycles. The zero-order valence-corrected chi connectivity index (χ0v) is 11.6. The number of anilines is 1. The third-order valence-corrected chi connectivity index (χ3v) is 3.76. The Morgan fingerprint density at radius 3 is 2.67 bits per heavy atom. The van der Waals surface area contributed by atoms with Gasteiger partial charge in [-0.1, -0.05) is 6.92 Å².